The molecule has 1 fully saturated rings. The highest BCUT2D eigenvalue weighted by Crippen LogP contribution is 2.17. The first kappa shape index (κ1) is 17.4. The van der Waals surface area contributed by atoms with Gasteiger partial charge in [0.25, 0.3) is 5.91 Å². The Labute approximate surface area is 140 Å². The van der Waals surface area contributed by atoms with Crippen LogP contribution in [0, 0.1) is 5.82 Å². The minimum Gasteiger partial charge on any atom is -0.342 e. The highest BCUT2D eigenvalue weighted by molar-refractivity contribution is 9.10. The van der Waals surface area contributed by atoms with Gasteiger partial charge in [0.2, 0.25) is 0 Å². The molecule has 4 nitrogen and oxygen atoms in total. The molecule has 1 heterocycles. The van der Waals surface area contributed by atoms with Gasteiger partial charge >= 0.3 is 0 Å². The Hall–Kier alpha value is -0.980. The van der Waals surface area contributed by atoms with Gasteiger partial charge in [-0.1, -0.05) is 15.9 Å². The van der Waals surface area contributed by atoms with E-state index in [2.05, 4.69) is 32.8 Å². The summed E-state index contributed by atoms with van der Waals surface area (Å²) in [6, 6.07) is 4.45. The maximum Gasteiger partial charge on any atom is 0.256 e. The van der Waals surface area contributed by atoms with Crippen molar-refractivity contribution in [3.8, 4) is 0 Å². The summed E-state index contributed by atoms with van der Waals surface area (Å²) in [4.78, 5) is 18.6. The number of likely N-dealkylation sites (N-methyl/N-ethyl adjacent to an activating group) is 1. The predicted molar refractivity (Wildman–Crippen MR) is 89.6 cm³/mol. The monoisotopic (exact) mass is 371 g/mol. The molecular formula is C16H23BrFN3O. The average Bonchev–Trinajstić information content (AvgIpc) is 2.51. The van der Waals surface area contributed by atoms with E-state index in [-0.39, 0.29) is 11.5 Å². The van der Waals surface area contributed by atoms with Gasteiger partial charge in [0.05, 0.1) is 5.56 Å². The summed E-state index contributed by atoms with van der Waals surface area (Å²) in [7, 11) is 3.86. The molecule has 0 saturated carbocycles. The third-order valence-electron chi connectivity index (χ3n) is 4.07. The molecule has 0 aromatic heterocycles. The quantitative estimate of drug-likeness (QED) is 0.794. The lowest BCUT2D eigenvalue weighted by Gasteiger charge is -2.32. The van der Waals surface area contributed by atoms with E-state index in [1.54, 1.807) is 18.0 Å². The second-order valence-electron chi connectivity index (χ2n) is 5.85. The van der Waals surface area contributed by atoms with Crippen molar-refractivity contribution in [3.63, 3.8) is 0 Å². The van der Waals surface area contributed by atoms with Crippen LogP contribution in [-0.2, 0) is 0 Å². The molecule has 1 amide bonds. The van der Waals surface area contributed by atoms with Crippen molar-refractivity contribution in [2.45, 2.75) is 6.42 Å². The molecule has 2 rings (SSSR count). The smallest absolute Gasteiger partial charge is 0.256 e. The average molecular weight is 372 g/mol. The van der Waals surface area contributed by atoms with Crippen LogP contribution in [0.4, 0.5) is 4.39 Å². The molecule has 0 unspecified atom stereocenters. The number of halogens is 2. The van der Waals surface area contributed by atoms with Gasteiger partial charge in [-0.05, 0) is 38.2 Å². The van der Waals surface area contributed by atoms with E-state index < -0.39 is 5.82 Å². The van der Waals surface area contributed by atoms with Crippen LogP contribution in [0.2, 0.25) is 0 Å². The Morgan fingerprint density at radius 3 is 2.68 bits per heavy atom. The standard InChI is InChI=1S/C16H23BrFN3O/c1-19-8-10-21(11-9-19)7-3-6-20(2)16(22)14-12-13(17)4-5-15(14)18/h4-5,12H,3,6-11H2,1-2H3. The number of amides is 1. The SMILES string of the molecule is CN1CCN(CCCN(C)C(=O)c2cc(Br)ccc2F)CC1. The highest BCUT2D eigenvalue weighted by Gasteiger charge is 2.17. The molecule has 0 bridgehead atoms. The third-order valence-corrected chi connectivity index (χ3v) is 4.56. The van der Waals surface area contributed by atoms with Crippen molar-refractivity contribution in [2.75, 3.05) is 53.4 Å². The van der Waals surface area contributed by atoms with Crippen LogP contribution >= 0.6 is 15.9 Å². The first-order valence-corrected chi connectivity index (χ1v) is 8.38. The molecule has 1 aliphatic rings. The van der Waals surface area contributed by atoms with E-state index in [0.717, 1.165) is 39.1 Å². The summed E-state index contributed by atoms with van der Waals surface area (Å²) in [6.07, 6.45) is 0.904. The second-order valence-corrected chi connectivity index (χ2v) is 6.77. The van der Waals surface area contributed by atoms with Crippen molar-refractivity contribution in [1.29, 1.82) is 0 Å². The predicted octanol–water partition coefficient (Wildman–Crippen LogP) is 2.30. The highest BCUT2D eigenvalue weighted by atomic mass is 79.9. The maximum absolute atomic E-state index is 13.7. The second kappa shape index (κ2) is 8.04. The minimum absolute atomic E-state index is 0.122. The Kier molecular flexibility index (Phi) is 6.35. The van der Waals surface area contributed by atoms with Crippen molar-refractivity contribution in [1.82, 2.24) is 14.7 Å². The number of carbonyl (C=O) groups excluding carboxylic acids is 1. The number of nitrogens with zero attached hydrogens (tertiary/aromatic N) is 3. The molecule has 0 spiro atoms. The molecule has 122 valence electrons. The van der Waals surface area contributed by atoms with Crippen LogP contribution in [0.5, 0.6) is 0 Å². The Morgan fingerprint density at radius 2 is 2.00 bits per heavy atom. The van der Waals surface area contributed by atoms with Crippen LogP contribution in [-0.4, -0.2) is 74.0 Å². The van der Waals surface area contributed by atoms with Gasteiger partial charge < -0.3 is 14.7 Å². The van der Waals surface area contributed by atoms with Crippen molar-refractivity contribution >= 4 is 21.8 Å². The number of benzene rings is 1. The first-order chi connectivity index (χ1) is 10.5. The largest absolute Gasteiger partial charge is 0.342 e. The molecule has 6 heteroatoms. The molecule has 0 aliphatic carbocycles. The van der Waals surface area contributed by atoms with Gasteiger partial charge in [-0.2, -0.15) is 0 Å². The zero-order valence-electron chi connectivity index (χ0n) is 13.2. The summed E-state index contributed by atoms with van der Waals surface area (Å²) in [5.74, 6) is -0.740. The molecule has 1 saturated heterocycles. The Morgan fingerprint density at radius 1 is 1.32 bits per heavy atom. The third kappa shape index (κ3) is 4.76. The van der Waals surface area contributed by atoms with Gasteiger partial charge in [-0.25, -0.2) is 4.39 Å². The zero-order chi connectivity index (χ0) is 16.1. The van der Waals surface area contributed by atoms with Crippen molar-refractivity contribution < 1.29 is 9.18 Å². The number of carbonyl (C=O) groups is 1. The normalized spacial score (nSPS) is 16.7. The van der Waals surface area contributed by atoms with E-state index in [1.165, 1.54) is 12.1 Å². The van der Waals surface area contributed by atoms with Gasteiger partial charge in [-0.3, -0.25) is 4.79 Å². The molecule has 0 N–H and O–H groups in total. The fourth-order valence-electron chi connectivity index (χ4n) is 2.57. The van der Waals surface area contributed by atoms with E-state index in [4.69, 9.17) is 0 Å². The van der Waals surface area contributed by atoms with Crippen molar-refractivity contribution in [2.24, 2.45) is 0 Å². The molecule has 1 aliphatic heterocycles. The zero-order valence-corrected chi connectivity index (χ0v) is 14.8. The first-order valence-electron chi connectivity index (χ1n) is 7.59. The number of hydrogen-bond donors (Lipinski definition) is 0. The van der Waals surface area contributed by atoms with Gasteiger partial charge in [0, 0.05) is 44.2 Å². The Balaban J connectivity index is 1.80. The molecule has 1 aromatic rings. The minimum atomic E-state index is -0.473. The topological polar surface area (TPSA) is 26.8 Å². The Bertz CT molecular complexity index is 518. The summed E-state index contributed by atoms with van der Waals surface area (Å²) in [5, 5.41) is 0. The van der Waals surface area contributed by atoms with Gasteiger partial charge in [0.15, 0.2) is 0 Å². The number of hydrogen-bond acceptors (Lipinski definition) is 3. The van der Waals surface area contributed by atoms with E-state index in [9.17, 15) is 9.18 Å². The van der Waals surface area contributed by atoms with Crippen molar-refractivity contribution in [3.05, 3.63) is 34.1 Å². The van der Waals surface area contributed by atoms with Crippen LogP contribution in [0.1, 0.15) is 16.8 Å². The summed E-state index contributed by atoms with van der Waals surface area (Å²) in [6.45, 7) is 5.96. The fraction of sp³-hybridized carbons (Fsp3) is 0.562. The molecule has 0 radical (unpaired) electrons. The lowest BCUT2D eigenvalue weighted by atomic mass is 10.2. The van der Waals surface area contributed by atoms with Crippen LogP contribution in [0.15, 0.2) is 22.7 Å². The van der Waals surface area contributed by atoms with Crippen LogP contribution in [0.25, 0.3) is 0 Å². The maximum atomic E-state index is 13.7. The number of rotatable bonds is 5. The summed E-state index contributed by atoms with van der Waals surface area (Å²) < 4.78 is 14.5. The van der Waals surface area contributed by atoms with Gasteiger partial charge in [0.1, 0.15) is 5.82 Å². The number of piperazine rings is 1. The van der Waals surface area contributed by atoms with Gasteiger partial charge in [-0.15, -0.1) is 0 Å². The van der Waals surface area contributed by atoms with Crippen LogP contribution in [0.3, 0.4) is 0 Å². The van der Waals surface area contributed by atoms with E-state index in [1.807, 2.05) is 0 Å². The molecule has 0 atom stereocenters. The lowest BCUT2D eigenvalue weighted by Crippen LogP contribution is -2.45. The molecule has 22 heavy (non-hydrogen) atoms. The molecule has 1 aromatic carbocycles. The fourth-order valence-corrected chi connectivity index (χ4v) is 2.93. The summed E-state index contributed by atoms with van der Waals surface area (Å²) in [5.41, 5.74) is 0.122. The van der Waals surface area contributed by atoms with E-state index in [0.29, 0.717) is 11.0 Å². The molecular weight excluding hydrogens is 349 g/mol. The van der Waals surface area contributed by atoms with E-state index >= 15 is 0 Å². The lowest BCUT2D eigenvalue weighted by molar-refractivity contribution is 0.0778. The van der Waals surface area contributed by atoms with Crippen LogP contribution < -0.4 is 0 Å². The summed E-state index contributed by atoms with van der Waals surface area (Å²) >= 11 is 3.28.